The van der Waals surface area contributed by atoms with E-state index in [4.69, 9.17) is 14.6 Å². The van der Waals surface area contributed by atoms with Crippen LogP contribution in [0, 0.1) is 0 Å². The standard InChI is InChI=1S/C45H35N3O6S/c49-38-27-26-33(28-39(38)50)40(51)29-53-48-41(43(52)54-42(31-16-6-1-7-17-31)32-18-8-2-9-19-32)37-30-55-44(46-37)47-45(34-20-10-3-11-21-34,35-22-12-4-13-23-35)36-24-14-5-15-25-36/h1-28,30,42,49-50H,29H2,(H,46,47). The lowest BCUT2D eigenvalue weighted by molar-refractivity contribution is -0.139. The average Bonchev–Trinajstić information content (AvgIpc) is 3.71. The Hall–Kier alpha value is -7.04. The summed E-state index contributed by atoms with van der Waals surface area (Å²) >= 11 is 1.27. The highest BCUT2D eigenvalue weighted by Crippen LogP contribution is 2.41. The normalized spacial score (nSPS) is 11.5. The minimum atomic E-state index is -0.888. The number of ether oxygens (including phenoxy) is 1. The van der Waals surface area contributed by atoms with Crippen LogP contribution in [0.25, 0.3) is 0 Å². The Bertz CT molecular complexity index is 2250. The molecule has 1 heterocycles. The minimum absolute atomic E-state index is 0.0852. The van der Waals surface area contributed by atoms with E-state index >= 15 is 0 Å². The second kappa shape index (κ2) is 16.7. The largest absolute Gasteiger partial charge is 0.504 e. The van der Waals surface area contributed by atoms with Gasteiger partial charge < -0.3 is 25.1 Å². The van der Waals surface area contributed by atoms with Crippen LogP contribution in [0.1, 0.15) is 50.0 Å². The highest BCUT2D eigenvalue weighted by atomic mass is 32.1. The fraction of sp³-hybridized carbons (Fsp3) is 0.0667. The van der Waals surface area contributed by atoms with E-state index in [1.807, 2.05) is 115 Å². The molecule has 0 radical (unpaired) electrons. The fourth-order valence-electron chi connectivity index (χ4n) is 6.25. The number of aromatic hydroxyl groups is 2. The van der Waals surface area contributed by atoms with Gasteiger partial charge in [0.25, 0.3) is 0 Å². The molecule has 0 aliphatic heterocycles. The Morgan fingerprint density at radius 1 is 0.673 bits per heavy atom. The number of rotatable bonds is 14. The number of phenolic OH excluding ortho intramolecular Hbond substituents is 2. The first kappa shape index (κ1) is 36.3. The molecule has 9 nitrogen and oxygen atoms in total. The molecule has 0 atom stereocenters. The van der Waals surface area contributed by atoms with Crippen molar-refractivity contribution in [2.24, 2.45) is 5.16 Å². The van der Waals surface area contributed by atoms with Crippen molar-refractivity contribution in [1.29, 1.82) is 0 Å². The van der Waals surface area contributed by atoms with Crippen molar-refractivity contribution in [3.8, 4) is 11.5 Å². The zero-order chi connectivity index (χ0) is 38.0. The molecule has 0 aliphatic rings. The SMILES string of the molecule is O=C(OC(c1ccccc1)c1ccccc1)C(=NOCC(=O)c1ccc(O)c(O)c1)c1csc(NC(c2ccccc2)(c2ccccc2)c2ccccc2)n1. The van der Waals surface area contributed by atoms with Gasteiger partial charge in [-0.15, -0.1) is 11.3 Å². The number of hydrogen-bond acceptors (Lipinski definition) is 10. The number of esters is 1. The predicted octanol–water partition coefficient (Wildman–Crippen LogP) is 8.89. The molecule has 0 spiro atoms. The zero-order valence-electron chi connectivity index (χ0n) is 29.4. The Labute approximate surface area is 321 Å². The number of ketones is 1. The zero-order valence-corrected chi connectivity index (χ0v) is 30.2. The van der Waals surface area contributed by atoms with E-state index in [0.717, 1.165) is 33.9 Å². The first-order chi connectivity index (χ1) is 26.9. The molecular formula is C45H35N3O6S. The van der Waals surface area contributed by atoms with E-state index < -0.39 is 35.8 Å². The molecule has 0 saturated carbocycles. The number of carbonyl (C=O) groups excluding carboxylic acids is 2. The van der Waals surface area contributed by atoms with Gasteiger partial charge in [0.15, 0.2) is 29.3 Å². The average molecular weight is 746 g/mol. The second-order valence-electron chi connectivity index (χ2n) is 12.5. The van der Waals surface area contributed by atoms with Gasteiger partial charge in [-0.3, -0.25) is 4.79 Å². The van der Waals surface area contributed by atoms with Crippen molar-refractivity contribution in [2.75, 3.05) is 11.9 Å². The van der Waals surface area contributed by atoms with E-state index in [1.54, 1.807) is 5.38 Å². The molecule has 0 amide bonds. The number of aromatic nitrogens is 1. The fourth-order valence-corrected chi connectivity index (χ4v) is 7.00. The Kier molecular flexibility index (Phi) is 11.1. The summed E-state index contributed by atoms with van der Waals surface area (Å²) < 4.78 is 6.18. The van der Waals surface area contributed by atoms with E-state index in [1.165, 1.54) is 23.5 Å². The van der Waals surface area contributed by atoms with E-state index in [0.29, 0.717) is 5.13 Å². The third-order valence-electron chi connectivity index (χ3n) is 8.93. The number of Topliss-reactive ketones (excluding diaryl/α,β-unsaturated/α-hetero) is 1. The van der Waals surface area contributed by atoms with Gasteiger partial charge in [-0.1, -0.05) is 157 Å². The second-order valence-corrected chi connectivity index (χ2v) is 13.3. The number of hydrogen-bond donors (Lipinski definition) is 3. The Balaban J connectivity index is 1.27. The van der Waals surface area contributed by atoms with Gasteiger partial charge in [0.2, 0.25) is 11.5 Å². The molecule has 10 heteroatoms. The molecule has 0 unspecified atom stereocenters. The molecule has 272 valence electrons. The van der Waals surface area contributed by atoms with E-state index in [-0.39, 0.29) is 22.7 Å². The number of anilines is 1. The molecule has 6 aromatic carbocycles. The van der Waals surface area contributed by atoms with Gasteiger partial charge in [0.1, 0.15) is 11.2 Å². The van der Waals surface area contributed by atoms with Crippen molar-refractivity contribution < 1.29 is 29.4 Å². The number of oxime groups is 1. The Morgan fingerprint density at radius 2 is 1.16 bits per heavy atom. The van der Waals surface area contributed by atoms with E-state index in [2.05, 4.69) is 46.9 Å². The molecule has 0 fully saturated rings. The summed E-state index contributed by atoms with van der Waals surface area (Å²) in [5.74, 6) is -2.19. The minimum Gasteiger partial charge on any atom is -0.504 e. The molecular weight excluding hydrogens is 711 g/mol. The van der Waals surface area contributed by atoms with Crippen LogP contribution in [0.15, 0.2) is 180 Å². The molecule has 1 aromatic heterocycles. The van der Waals surface area contributed by atoms with Crippen molar-refractivity contribution in [3.63, 3.8) is 0 Å². The van der Waals surface area contributed by atoms with E-state index in [9.17, 15) is 19.8 Å². The topological polar surface area (TPSA) is 130 Å². The maximum Gasteiger partial charge on any atom is 0.363 e. The highest BCUT2D eigenvalue weighted by Gasteiger charge is 2.37. The number of carbonyl (C=O) groups is 2. The molecule has 0 bridgehead atoms. The first-order valence-electron chi connectivity index (χ1n) is 17.4. The molecule has 7 aromatic rings. The third-order valence-corrected chi connectivity index (χ3v) is 9.69. The number of benzene rings is 6. The van der Waals surface area contributed by atoms with Gasteiger partial charge in [-0.05, 0) is 46.0 Å². The number of thiazole rings is 1. The lowest BCUT2D eigenvalue weighted by Crippen LogP contribution is -2.38. The van der Waals surface area contributed by atoms with Crippen LogP contribution >= 0.6 is 11.3 Å². The van der Waals surface area contributed by atoms with Crippen LogP contribution in [-0.2, 0) is 19.9 Å². The lowest BCUT2D eigenvalue weighted by Gasteiger charge is -2.36. The molecule has 3 N–H and O–H groups in total. The molecule has 55 heavy (non-hydrogen) atoms. The number of nitrogens with zero attached hydrogens (tertiary/aromatic N) is 2. The summed E-state index contributed by atoms with van der Waals surface area (Å²) in [4.78, 5) is 37.6. The number of nitrogens with one attached hydrogen (secondary N) is 1. The van der Waals surface area contributed by atoms with Crippen LogP contribution in [-0.4, -0.2) is 39.3 Å². The van der Waals surface area contributed by atoms with Crippen molar-refractivity contribution in [1.82, 2.24) is 4.98 Å². The van der Waals surface area contributed by atoms with Crippen molar-refractivity contribution in [3.05, 3.63) is 214 Å². The summed E-state index contributed by atoms with van der Waals surface area (Å²) in [5.41, 5.74) is 3.48. The smallest absolute Gasteiger partial charge is 0.363 e. The molecule has 0 aliphatic carbocycles. The van der Waals surface area contributed by atoms with Gasteiger partial charge in [0, 0.05) is 10.9 Å². The monoisotopic (exact) mass is 745 g/mol. The van der Waals surface area contributed by atoms with Crippen LogP contribution < -0.4 is 5.32 Å². The van der Waals surface area contributed by atoms with Crippen LogP contribution in [0.2, 0.25) is 0 Å². The maximum absolute atomic E-state index is 14.3. The predicted molar refractivity (Wildman–Crippen MR) is 212 cm³/mol. The van der Waals surface area contributed by atoms with Crippen molar-refractivity contribution in [2.45, 2.75) is 11.6 Å². The van der Waals surface area contributed by atoms with Crippen LogP contribution in [0.5, 0.6) is 11.5 Å². The molecule has 7 rings (SSSR count). The van der Waals surface area contributed by atoms with Crippen LogP contribution in [0.3, 0.4) is 0 Å². The third kappa shape index (κ3) is 8.14. The summed E-state index contributed by atoms with van der Waals surface area (Å²) in [6.07, 6.45) is -0.792. The summed E-state index contributed by atoms with van der Waals surface area (Å²) in [5, 5.41) is 29.6. The highest BCUT2D eigenvalue weighted by molar-refractivity contribution is 7.14. The van der Waals surface area contributed by atoms with Crippen LogP contribution in [0.4, 0.5) is 5.13 Å². The van der Waals surface area contributed by atoms with Gasteiger partial charge >= 0.3 is 5.97 Å². The summed E-state index contributed by atoms with van der Waals surface area (Å²) in [7, 11) is 0. The quantitative estimate of drug-likeness (QED) is 0.0251. The van der Waals surface area contributed by atoms with Gasteiger partial charge in [-0.2, -0.15) is 0 Å². The van der Waals surface area contributed by atoms with Gasteiger partial charge in [0.05, 0.1) is 0 Å². The molecule has 0 saturated heterocycles. The maximum atomic E-state index is 14.3. The Morgan fingerprint density at radius 3 is 1.65 bits per heavy atom. The summed E-state index contributed by atoms with van der Waals surface area (Å²) in [6, 6.07) is 52.5. The first-order valence-corrected chi connectivity index (χ1v) is 18.3. The lowest BCUT2D eigenvalue weighted by atomic mass is 9.77. The van der Waals surface area contributed by atoms with Crippen molar-refractivity contribution >= 4 is 33.9 Å². The summed E-state index contributed by atoms with van der Waals surface area (Å²) in [6.45, 7) is -0.573. The number of phenols is 2. The van der Waals surface area contributed by atoms with Gasteiger partial charge in [-0.25, -0.2) is 9.78 Å².